The molecule has 1 N–H and O–H groups in total. The van der Waals surface area contributed by atoms with Crippen molar-refractivity contribution in [2.75, 3.05) is 0 Å². The third-order valence-corrected chi connectivity index (χ3v) is 3.62. The first-order chi connectivity index (χ1) is 8.58. The van der Waals surface area contributed by atoms with Gasteiger partial charge in [-0.1, -0.05) is 18.0 Å². The fourth-order valence-electron chi connectivity index (χ4n) is 2.37. The standard InChI is InChI=1S/C13H18ClN3O/c1-9-4-3-5-10(2)17(9)16-13(18)11-6-7-15-12(14)8-11/h6-10H,3-5H2,1-2H3,(H,16,18). The zero-order chi connectivity index (χ0) is 13.1. The summed E-state index contributed by atoms with van der Waals surface area (Å²) in [6, 6.07) is 3.99. The van der Waals surface area contributed by atoms with E-state index in [0.29, 0.717) is 22.8 Å². The maximum Gasteiger partial charge on any atom is 0.265 e. The van der Waals surface area contributed by atoms with Gasteiger partial charge in [0.2, 0.25) is 0 Å². The molecule has 1 aliphatic heterocycles. The molecular formula is C13H18ClN3O. The molecule has 2 heterocycles. The van der Waals surface area contributed by atoms with Gasteiger partial charge in [-0.3, -0.25) is 10.2 Å². The first-order valence-electron chi connectivity index (χ1n) is 6.29. The Kier molecular flexibility index (Phi) is 4.19. The average Bonchev–Trinajstić information content (AvgIpc) is 2.34. The maximum absolute atomic E-state index is 12.1. The lowest BCUT2D eigenvalue weighted by molar-refractivity contribution is 0.0369. The fraction of sp³-hybridized carbons (Fsp3) is 0.538. The number of carbonyl (C=O) groups is 1. The van der Waals surface area contributed by atoms with E-state index in [2.05, 4.69) is 24.3 Å². The summed E-state index contributed by atoms with van der Waals surface area (Å²) >= 11 is 5.78. The number of aromatic nitrogens is 1. The lowest BCUT2D eigenvalue weighted by Gasteiger charge is -2.38. The zero-order valence-corrected chi connectivity index (χ0v) is 11.4. The van der Waals surface area contributed by atoms with Crippen molar-refractivity contribution < 1.29 is 4.79 Å². The predicted octanol–water partition coefficient (Wildman–Crippen LogP) is 2.64. The van der Waals surface area contributed by atoms with E-state index in [9.17, 15) is 4.79 Å². The second-order valence-corrected chi connectivity index (χ2v) is 5.23. The van der Waals surface area contributed by atoms with Crippen LogP contribution in [0.15, 0.2) is 18.3 Å². The van der Waals surface area contributed by atoms with E-state index >= 15 is 0 Å². The van der Waals surface area contributed by atoms with E-state index in [0.717, 1.165) is 12.8 Å². The highest BCUT2D eigenvalue weighted by molar-refractivity contribution is 6.29. The molecule has 5 heteroatoms. The second kappa shape index (κ2) is 5.67. The summed E-state index contributed by atoms with van der Waals surface area (Å²) in [5.41, 5.74) is 3.51. The Labute approximate surface area is 112 Å². The number of nitrogens with zero attached hydrogens (tertiary/aromatic N) is 2. The number of rotatable bonds is 2. The molecule has 1 amide bonds. The van der Waals surface area contributed by atoms with Crippen LogP contribution in [0.1, 0.15) is 43.5 Å². The van der Waals surface area contributed by atoms with Gasteiger partial charge in [0.15, 0.2) is 0 Å². The van der Waals surface area contributed by atoms with Crippen molar-refractivity contribution in [2.45, 2.75) is 45.2 Å². The number of carbonyl (C=O) groups excluding carboxylic acids is 1. The third-order valence-electron chi connectivity index (χ3n) is 3.41. The molecule has 18 heavy (non-hydrogen) atoms. The van der Waals surface area contributed by atoms with Gasteiger partial charge in [0.25, 0.3) is 5.91 Å². The molecule has 1 fully saturated rings. The van der Waals surface area contributed by atoms with Crippen molar-refractivity contribution in [3.8, 4) is 0 Å². The molecule has 4 nitrogen and oxygen atoms in total. The molecular weight excluding hydrogens is 250 g/mol. The predicted molar refractivity (Wildman–Crippen MR) is 71.3 cm³/mol. The van der Waals surface area contributed by atoms with E-state index in [4.69, 9.17) is 11.6 Å². The molecule has 0 spiro atoms. The van der Waals surface area contributed by atoms with Crippen LogP contribution in [-0.2, 0) is 0 Å². The first-order valence-corrected chi connectivity index (χ1v) is 6.66. The molecule has 0 aliphatic carbocycles. The van der Waals surface area contributed by atoms with Crippen molar-refractivity contribution in [2.24, 2.45) is 0 Å². The van der Waals surface area contributed by atoms with Crippen molar-refractivity contribution in [1.29, 1.82) is 0 Å². The lowest BCUT2D eigenvalue weighted by atomic mass is 10.00. The largest absolute Gasteiger partial charge is 0.284 e. The van der Waals surface area contributed by atoms with E-state index in [1.165, 1.54) is 6.42 Å². The Morgan fingerprint density at radius 1 is 1.44 bits per heavy atom. The summed E-state index contributed by atoms with van der Waals surface area (Å²) in [7, 11) is 0. The SMILES string of the molecule is CC1CCCC(C)N1NC(=O)c1ccnc(Cl)c1. The molecule has 0 aromatic carbocycles. The Bertz CT molecular complexity index is 428. The highest BCUT2D eigenvalue weighted by Gasteiger charge is 2.26. The molecule has 1 aromatic heterocycles. The summed E-state index contributed by atoms with van der Waals surface area (Å²) in [5, 5.41) is 2.38. The fourth-order valence-corrected chi connectivity index (χ4v) is 2.54. The smallest absolute Gasteiger partial charge is 0.265 e. The van der Waals surface area contributed by atoms with Gasteiger partial charge in [-0.2, -0.15) is 0 Å². The number of piperidine rings is 1. The molecule has 1 saturated heterocycles. The van der Waals surface area contributed by atoms with Crippen LogP contribution in [0.25, 0.3) is 0 Å². The summed E-state index contributed by atoms with van der Waals surface area (Å²) in [6.07, 6.45) is 4.99. The summed E-state index contributed by atoms with van der Waals surface area (Å²) in [4.78, 5) is 16.0. The first kappa shape index (κ1) is 13.3. The quantitative estimate of drug-likeness (QED) is 0.838. The van der Waals surface area contributed by atoms with E-state index in [1.54, 1.807) is 18.3 Å². The van der Waals surface area contributed by atoms with Crippen LogP contribution in [0.5, 0.6) is 0 Å². The molecule has 2 atom stereocenters. The molecule has 0 bridgehead atoms. The third kappa shape index (κ3) is 3.00. The molecule has 0 radical (unpaired) electrons. The number of nitrogens with one attached hydrogen (secondary N) is 1. The van der Waals surface area contributed by atoms with Crippen LogP contribution in [0.3, 0.4) is 0 Å². The van der Waals surface area contributed by atoms with Gasteiger partial charge >= 0.3 is 0 Å². The number of pyridine rings is 1. The summed E-state index contributed by atoms with van der Waals surface area (Å²) in [5.74, 6) is -0.125. The van der Waals surface area contributed by atoms with Gasteiger partial charge < -0.3 is 0 Å². The van der Waals surface area contributed by atoms with Gasteiger partial charge in [-0.15, -0.1) is 0 Å². The molecule has 1 aliphatic rings. The number of hydrazine groups is 1. The number of halogens is 1. The number of hydrogen-bond acceptors (Lipinski definition) is 3. The van der Waals surface area contributed by atoms with E-state index < -0.39 is 0 Å². The number of amides is 1. The van der Waals surface area contributed by atoms with Crippen LogP contribution >= 0.6 is 11.6 Å². The van der Waals surface area contributed by atoms with Crippen LogP contribution in [0.4, 0.5) is 0 Å². The minimum Gasteiger partial charge on any atom is -0.284 e. The number of hydrogen-bond donors (Lipinski definition) is 1. The van der Waals surface area contributed by atoms with Crippen molar-refractivity contribution in [3.05, 3.63) is 29.0 Å². The molecule has 2 rings (SSSR count). The Morgan fingerprint density at radius 2 is 2.11 bits per heavy atom. The molecule has 0 saturated carbocycles. The minimum atomic E-state index is -0.125. The Balaban J connectivity index is 2.06. The maximum atomic E-state index is 12.1. The monoisotopic (exact) mass is 267 g/mol. The zero-order valence-electron chi connectivity index (χ0n) is 10.7. The van der Waals surface area contributed by atoms with Gasteiger partial charge in [0.1, 0.15) is 5.15 Å². The summed E-state index contributed by atoms with van der Waals surface area (Å²) < 4.78 is 0. The highest BCUT2D eigenvalue weighted by Crippen LogP contribution is 2.20. The Morgan fingerprint density at radius 3 is 2.72 bits per heavy atom. The van der Waals surface area contributed by atoms with Gasteiger partial charge in [-0.25, -0.2) is 9.99 Å². The van der Waals surface area contributed by atoms with Crippen LogP contribution in [0.2, 0.25) is 5.15 Å². The van der Waals surface area contributed by atoms with Crippen LogP contribution in [0, 0.1) is 0 Å². The molecule has 2 unspecified atom stereocenters. The highest BCUT2D eigenvalue weighted by atomic mass is 35.5. The summed E-state index contributed by atoms with van der Waals surface area (Å²) in [6.45, 7) is 4.27. The Hall–Kier alpha value is -1.13. The van der Waals surface area contributed by atoms with E-state index in [1.807, 2.05) is 5.01 Å². The van der Waals surface area contributed by atoms with E-state index in [-0.39, 0.29) is 5.91 Å². The van der Waals surface area contributed by atoms with Gasteiger partial charge in [0, 0.05) is 23.8 Å². The van der Waals surface area contributed by atoms with Crippen molar-refractivity contribution >= 4 is 17.5 Å². The lowest BCUT2D eigenvalue weighted by Crippen LogP contribution is -2.54. The van der Waals surface area contributed by atoms with Crippen LogP contribution in [-0.4, -0.2) is 28.0 Å². The van der Waals surface area contributed by atoms with Gasteiger partial charge in [-0.05, 0) is 38.8 Å². The van der Waals surface area contributed by atoms with Crippen molar-refractivity contribution in [1.82, 2.24) is 15.4 Å². The molecule has 98 valence electrons. The minimum absolute atomic E-state index is 0.125. The van der Waals surface area contributed by atoms with Crippen LogP contribution < -0.4 is 5.43 Å². The average molecular weight is 268 g/mol. The van der Waals surface area contributed by atoms with Crippen molar-refractivity contribution in [3.63, 3.8) is 0 Å². The topological polar surface area (TPSA) is 45.2 Å². The molecule has 1 aromatic rings. The normalized spacial score (nSPS) is 24.8. The van der Waals surface area contributed by atoms with Gasteiger partial charge in [0.05, 0.1) is 0 Å². The second-order valence-electron chi connectivity index (χ2n) is 4.84.